The first-order valence-electron chi connectivity index (χ1n) is 9.18. The number of carboxylic acids is 1. The van der Waals surface area contributed by atoms with E-state index in [4.69, 9.17) is 0 Å². The Balaban J connectivity index is 1.55. The molecule has 3 rings (SSSR count). The van der Waals surface area contributed by atoms with Crippen LogP contribution in [0.4, 0.5) is 0 Å². The number of carbonyl (C=O) groups is 2. The van der Waals surface area contributed by atoms with E-state index in [-0.39, 0.29) is 24.2 Å². The first-order valence-corrected chi connectivity index (χ1v) is 9.18. The van der Waals surface area contributed by atoms with Gasteiger partial charge in [-0.05, 0) is 36.2 Å². The van der Waals surface area contributed by atoms with Gasteiger partial charge in [-0.1, -0.05) is 24.3 Å². The van der Waals surface area contributed by atoms with Crippen LogP contribution in [0.5, 0.6) is 5.75 Å². The SMILES string of the molecule is O=C(CCCn1cnc2ccccc2c1=O)N[C@@H](Cc1ccc(O)cc1)C(=O)O. The Hall–Kier alpha value is -3.68. The van der Waals surface area contributed by atoms with Crippen LogP contribution in [0.15, 0.2) is 59.7 Å². The van der Waals surface area contributed by atoms with E-state index in [1.54, 1.807) is 36.4 Å². The second kappa shape index (κ2) is 9.01. The molecule has 0 saturated heterocycles. The van der Waals surface area contributed by atoms with E-state index in [2.05, 4.69) is 10.3 Å². The number of phenols is 1. The predicted octanol–water partition coefficient (Wildman–Crippen LogP) is 1.69. The highest BCUT2D eigenvalue weighted by atomic mass is 16.4. The number of para-hydroxylation sites is 1. The maximum atomic E-state index is 12.4. The average molecular weight is 395 g/mol. The molecule has 0 aliphatic rings. The van der Waals surface area contributed by atoms with E-state index in [1.807, 2.05) is 0 Å². The van der Waals surface area contributed by atoms with Gasteiger partial charge in [-0.3, -0.25) is 14.2 Å². The molecule has 8 heteroatoms. The second-order valence-electron chi connectivity index (χ2n) is 6.69. The summed E-state index contributed by atoms with van der Waals surface area (Å²) in [5, 5.41) is 21.7. The van der Waals surface area contributed by atoms with E-state index in [0.29, 0.717) is 29.4 Å². The van der Waals surface area contributed by atoms with Gasteiger partial charge < -0.3 is 15.5 Å². The number of carboxylic acid groups (broad SMARTS) is 1. The molecular weight excluding hydrogens is 374 g/mol. The first-order chi connectivity index (χ1) is 13.9. The van der Waals surface area contributed by atoms with Crippen molar-refractivity contribution in [3.63, 3.8) is 0 Å². The lowest BCUT2D eigenvalue weighted by molar-refractivity contribution is -0.141. The Labute approximate surface area is 166 Å². The normalized spacial score (nSPS) is 11.9. The van der Waals surface area contributed by atoms with Gasteiger partial charge in [0, 0.05) is 19.4 Å². The summed E-state index contributed by atoms with van der Waals surface area (Å²) >= 11 is 0. The van der Waals surface area contributed by atoms with Gasteiger partial charge in [-0.25, -0.2) is 9.78 Å². The molecule has 0 radical (unpaired) electrons. The third-order valence-electron chi connectivity index (χ3n) is 4.54. The zero-order valence-electron chi connectivity index (χ0n) is 15.6. The molecular formula is C21H21N3O5. The fourth-order valence-electron chi connectivity index (χ4n) is 3.01. The number of aromatic nitrogens is 2. The van der Waals surface area contributed by atoms with Crippen molar-refractivity contribution < 1.29 is 19.8 Å². The van der Waals surface area contributed by atoms with Crippen molar-refractivity contribution in [2.24, 2.45) is 0 Å². The molecule has 0 saturated carbocycles. The molecule has 29 heavy (non-hydrogen) atoms. The minimum Gasteiger partial charge on any atom is -0.508 e. The Kier molecular flexibility index (Phi) is 6.23. The summed E-state index contributed by atoms with van der Waals surface area (Å²) in [6.45, 7) is 0.305. The Bertz CT molecular complexity index is 1080. The van der Waals surface area contributed by atoms with Crippen LogP contribution in [0.3, 0.4) is 0 Å². The number of aromatic hydroxyl groups is 1. The molecule has 150 valence electrons. The van der Waals surface area contributed by atoms with E-state index in [0.717, 1.165) is 0 Å². The minimum absolute atomic E-state index is 0.0820. The van der Waals surface area contributed by atoms with Crippen LogP contribution in [-0.4, -0.2) is 37.7 Å². The molecule has 0 bridgehead atoms. The van der Waals surface area contributed by atoms with Gasteiger partial charge in [0.1, 0.15) is 11.8 Å². The molecule has 0 aliphatic heterocycles. The number of hydrogen-bond donors (Lipinski definition) is 3. The fourth-order valence-corrected chi connectivity index (χ4v) is 3.01. The summed E-state index contributed by atoms with van der Waals surface area (Å²) in [5.41, 5.74) is 1.13. The lowest BCUT2D eigenvalue weighted by Gasteiger charge is -2.15. The van der Waals surface area contributed by atoms with Crippen LogP contribution in [0.2, 0.25) is 0 Å². The van der Waals surface area contributed by atoms with Gasteiger partial charge >= 0.3 is 5.97 Å². The number of aliphatic carboxylic acids is 1. The van der Waals surface area contributed by atoms with Crippen LogP contribution in [-0.2, 0) is 22.6 Å². The summed E-state index contributed by atoms with van der Waals surface area (Å²) < 4.78 is 1.45. The van der Waals surface area contributed by atoms with Crippen molar-refractivity contribution in [2.75, 3.05) is 0 Å². The third kappa shape index (κ3) is 5.19. The number of hydrogen-bond acceptors (Lipinski definition) is 5. The third-order valence-corrected chi connectivity index (χ3v) is 4.54. The Morgan fingerprint density at radius 3 is 2.55 bits per heavy atom. The molecule has 1 aromatic heterocycles. The first kappa shape index (κ1) is 20.1. The van der Waals surface area contributed by atoms with Gasteiger partial charge in [0.15, 0.2) is 0 Å². The maximum absolute atomic E-state index is 12.4. The van der Waals surface area contributed by atoms with Crippen molar-refractivity contribution in [3.8, 4) is 5.75 Å². The summed E-state index contributed by atoms with van der Waals surface area (Å²) in [5.74, 6) is -1.46. The Morgan fingerprint density at radius 1 is 1.10 bits per heavy atom. The standard InChI is InChI=1S/C21H21N3O5/c25-15-9-7-14(8-10-15)12-18(21(28)29)23-19(26)6-3-11-24-13-22-17-5-2-1-4-16(17)20(24)27/h1-2,4-5,7-10,13,18,25H,3,6,11-12H2,(H,23,26)(H,28,29)/t18-/m0/s1. The summed E-state index contributed by atoms with van der Waals surface area (Å²) in [6, 6.07) is 12.1. The van der Waals surface area contributed by atoms with Crippen LogP contribution in [0, 0.1) is 0 Å². The minimum atomic E-state index is -1.14. The number of carbonyl (C=O) groups excluding carboxylic acids is 1. The molecule has 2 aromatic carbocycles. The number of phenolic OH excluding ortho intramolecular Hbond substituents is 1. The molecule has 1 heterocycles. The highest BCUT2D eigenvalue weighted by molar-refractivity contribution is 5.83. The van der Waals surface area contributed by atoms with Crippen molar-refractivity contribution in [3.05, 3.63) is 70.8 Å². The van der Waals surface area contributed by atoms with Crippen LogP contribution < -0.4 is 10.9 Å². The van der Waals surface area contributed by atoms with E-state index in [9.17, 15) is 24.6 Å². The number of rotatable bonds is 8. The predicted molar refractivity (Wildman–Crippen MR) is 107 cm³/mol. The summed E-state index contributed by atoms with van der Waals surface area (Å²) in [4.78, 5) is 40.3. The zero-order chi connectivity index (χ0) is 20.8. The number of benzene rings is 2. The van der Waals surface area contributed by atoms with Crippen molar-refractivity contribution in [2.45, 2.75) is 31.8 Å². The number of nitrogens with zero attached hydrogens (tertiary/aromatic N) is 2. The maximum Gasteiger partial charge on any atom is 0.326 e. The Morgan fingerprint density at radius 2 is 1.83 bits per heavy atom. The molecule has 3 aromatic rings. The molecule has 0 unspecified atom stereocenters. The lowest BCUT2D eigenvalue weighted by Crippen LogP contribution is -2.42. The molecule has 1 amide bonds. The number of fused-ring (bicyclic) bond motifs is 1. The molecule has 8 nitrogen and oxygen atoms in total. The second-order valence-corrected chi connectivity index (χ2v) is 6.69. The molecule has 1 atom stereocenters. The average Bonchev–Trinajstić information content (AvgIpc) is 2.71. The molecule has 0 aliphatic carbocycles. The monoisotopic (exact) mass is 395 g/mol. The van der Waals surface area contributed by atoms with E-state index in [1.165, 1.54) is 23.0 Å². The summed E-state index contributed by atoms with van der Waals surface area (Å²) in [7, 11) is 0. The van der Waals surface area contributed by atoms with Crippen LogP contribution in [0.1, 0.15) is 18.4 Å². The number of nitrogens with one attached hydrogen (secondary N) is 1. The van der Waals surface area contributed by atoms with Crippen LogP contribution in [0.25, 0.3) is 10.9 Å². The quantitative estimate of drug-likeness (QED) is 0.534. The van der Waals surface area contributed by atoms with Crippen molar-refractivity contribution in [1.82, 2.24) is 14.9 Å². The number of aryl methyl sites for hydroxylation is 1. The van der Waals surface area contributed by atoms with E-state index < -0.39 is 17.9 Å². The fraction of sp³-hybridized carbons (Fsp3) is 0.238. The largest absolute Gasteiger partial charge is 0.508 e. The van der Waals surface area contributed by atoms with Gasteiger partial charge in [-0.15, -0.1) is 0 Å². The van der Waals surface area contributed by atoms with Crippen molar-refractivity contribution in [1.29, 1.82) is 0 Å². The molecule has 3 N–H and O–H groups in total. The van der Waals surface area contributed by atoms with Gasteiger partial charge in [0.25, 0.3) is 5.56 Å². The zero-order valence-corrected chi connectivity index (χ0v) is 15.6. The molecule has 0 spiro atoms. The van der Waals surface area contributed by atoms with E-state index >= 15 is 0 Å². The van der Waals surface area contributed by atoms with Crippen molar-refractivity contribution >= 4 is 22.8 Å². The summed E-state index contributed by atoms with van der Waals surface area (Å²) in [6.07, 6.45) is 2.01. The van der Waals surface area contributed by atoms with Crippen LogP contribution >= 0.6 is 0 Å². The topological polar surface area (TPSA) is 122 Å². The van der Waals surface area contributed by atoms with Gasteiger partial charge in [-0.2, -0.15) is 0 Å². The highest BCUT2D eigenvalue weighted by Crippen LogP contribution is 2.12. The van der Waals surface area contributed by atoms with Gasteiger partial charge in [0.2, 0.25) is 5.91 Å². The molecule has 0 fully saturated rings. The smallest absolute Gasteiger partial charge is 0.326 e. The lowest BCUT2D eigenvalue weighted by atomic mass is 10.1. The highest BCUT2D eigenvalue weighted by Gasteiger charge is 2.20. The van der Waals surface area contributed by atoms with Gasteiger partial charge in [0.05, 0.1) is 17.2 Å². The number of amides is 1.